The van der Waals surface area contributed by atoms with Gasteiger partial charge in [0.1, 0.15) is 11.0 Å². The maximum absolute atomic E-state index is 13.4. The average molecular weight is 549 g/mol. The first-order chi connectivity index (χ1) is 17.3. The van der Waals surface area contributed by atoms with Crippen LogP contribution in [-0.2, 0) is 30.2 Å². The second-order valence-electron chi connectivity index (χ2n) is 8.13. The number of pyridine rings is 1. The molecule has 12 heteroatoms. The Morgan fingerprint density at radius 3 is 2.05 bits per heavy atom. The van der Waals surface area contributed by atoms with Crippen LogP contribution in [-0.4, -0.2) is 27.5 Å². The van der Waals surface area contributed by atoms with Gasteiger partial charge in [0, 0.05) is 37.9 Å². The molecule has 0 saturated carbocycles. The number of halogens is 8. The van der Waals surface area contributed by atoms with E-state index in [-0.39, 0.29) is 42.8 Å². The SMILES string of the molecule is O=C(CCCO)N(Cc1cc(C(F)(F)F)cc(C(F)(F)F)c1)Cc1c(-c2ccc(F)cc2)ccnc1Cl. The highest BCUT2D eigenvalue weighted by Crippen LogP contribution is 2.37. The summed E-state index contributed by atoms with van der Waals surface area (Å²) in [5, 5.41) is 9.05. The lowest BCUT2D eigenvalue weighted by atomic mass is 10.0. The molecule has 1 heterocycles. The highest BCUT2D eigenvalue weighted by molar-refractivity contribution is 6.30. The lowest BCUT2D eigenvalue weighted by Crippen LogP contribution is -2.31. The number of hydrogen-bond acceptors (Lipinski definition) is 3. The Balaban J connectivity index is 2.06. The summed E-state index contributed by atoms with van der Waals surface area (Å²) in [5.41, 5.74) is -2.21. The van der Waals surface area contributed by atoms with E-state index in [2.05, 4.69) is 4.98 Å². The van der Waals surface area contributed by atoms with Gasteiger partial charge in [-0.05, 0) is 59.5 Å². The minimum atomic E-state index is -5.05. The third kappa shape index (κ3) is 7.42. The van der Waals surface area contributed by atoms with Crippen molar-refractivity contribution in [2.75, 3.05) is 6.61 Å². The molecule has 0 fully saturated rings. The summed E-state index contributed by atoms with van der Waals surface area (Å²) in [5.74, 6) is -1.14. The monoisotopic (exact) mass is 548 g/mol. The van der Waals surface area contributed by atoms with E-state index in [0.29, 0.717) is 23.3 Å². The van der Waals surface area contributed by atoms with Crippen molar-refractivity contribution in [3.05, 3.63) is 88.0 Å². The summed E-state index contributed by atoms with van der Waals surface area (Å²) in [4.78, 5) is 18.0. The van der Waals surface area contributed by atoms with Gasteiger partial charge in [-0.15, -0.1) is 0 Å². The number of rotatable bonds is 8. The highest BCUT2D eigenvalue weighted by Gasteiger charge is 2.37. The van der Waals surface area contributed by atoms with Crippen molar-refractivity contribution in [1.82, 2.24) is 9.88 Å². The van der Waals surface area contributed by atoms with Gasteiger partial charge in [0.05, 0.1) is 11.1 Å². The molecule has 0 saturated heterocycles. The largest absolute Gasteiger partial charge is 0.416 e. The molecular formula is C25H20ClF7N2O2. The second-order valence-corrected chi connectivity index (χ2v) is 8.48. The average Bonchev–Trinajstić information content (AvgIpc) is 2.82. The third-order valence-electron chi connectivity index (χ3n) is 5.43. The number of aliphatic hydroxyl groups is 1. The zero-order valence-electron chi connectivity index (χ0n) is 19.0. The Morgan fingerprint density at radius 2 is 1.51 bits per heavy atom. The van der Waals surface area contributed by atoms with E-state index in [0.717, 1.165) is 4.90 Å². The highest BCUT2D eigenvalue weighted by atomic mass is 35.5. The molecule has 0 radical (unpaired) electrons. The van der Waals surface area contributed by atoms with Gasteiger partial charge in [0.25, 0.3) is 0 Å². The van der Waals surface area contributed by atoms with Crippen LogP contribution >= 0.6 is 11.6 Å². The maximum atomic E-state index is 13.4. The molecule has 0 unspecified atom stereocenters. The molecule has 0 aliphatic carbocycles. The fourth-order valence-electron chi connectivity index (χ4n) is 3.66. The molecule has 0 aliphatic heterocycles. The molecule has 37 heavy (non-hydrogen) atoms. The second kappa shape index (κ2) is 11.5. The summed E-state index contributed by atoms with van der Waals surface area (Å²) in [7, 11) is 0. The predicted octanol–water partition coefficient (Wildman–Crippen LogP) is 6.88. The van der Waals surface area contributed by atoms with Crippen LogP contribution in [0.15, 0.2) is 54.7 Å². The van der Waals surface area contributed by atoms with Gasteiger partial charge in [-0.3, -0.25) is 4.79 Å². The summed E-state index contributed by atoms with van der Waals surface area (Å²) in [6.07, 6.45) is -8.93. The van der Waals surface area contributed by atoms with Gasteiger partial charge in [-0.25, -0.2) is 9.37 Å². The minimum absolute atomic E-state index is 0.00600. The first kappa shape index (κ1) is 28.4. The van der Waals surface area contributed by atoms with Gasteiger partial charge < -0.3 is 10.0 Å². The molecule has 1 amide bonds. The van der Waals surface area contributed by atoms with Crippen molar-refractivity contribution in [2.24, 2.45) is 0 Å². The van der Waals surface area contributed by atoms with Crippen molar-refractivity contribution in [3.63, 3.8) is 0 Å². The molecule has 3 rings (SSSR count). The number of nitrogens with zero attached hydrogens (tertiary/aromatic N) is 2. The van der Waals surface area contributed by atoms with Gasteiger partial charge in [-0.2, -0.15) is 26.3 Å². The van der Waals surface area contributed by atoms with E-state index in [1.165, 1.54) is 36.5 Å². The van der Waals surface area contributed by atoms with E-state index >= 15 is 0 Å². The van der Waals surface area contributed by atoms with E-state index in [1.807, 2.05) is 0 Å². The molecule has 0 bridgehead atoms. The number of carbonyl (C=O) groups excluding carboxylic acids is 1. The van der Waals surface area contributed by atoms with E-state index in [9.17, 15) is 35.5 Å². The Morgan fingerprint density at radius 1 is 0.919 bits per heavy atom. The molecule has 3 aromatic rings. The van der Waals surface area contributed by atoms with Crippen LogP contribution in [0.1, 0.15) is 35.1 Å². The molecule has 4 nitrogen and oxygen atoms in total. The third-order valence-corrected chi connectivity index (χ3v) is 5.76. The molecule has 1 N–H and O–H groups in total. The normalized spacial score (nSPS) is 12.0. The van der Waals surface area contributed by atoms with E-state index in [4.69, 9.17) is 16.7 Å². The summed E-state index contributed by atoms with van der Waals surface area (Å²) >= 11 is 6.28. The molecule has 2 aromatic carbocycles. The minimum Gasteiger partial charge on any atom is -0.396 e. The Hall–Kier alpha value is -3.18. The van der Waals surface area contributed by atoms with Crippen molar-refractivity contribution in [2.45, 2.75) is 38.3 Å². The van der Waals surface area contributed by atoms with Crippen LogP contribution in [0.2, 0.25) is 5.15 Å². The van der Waals surface area contributed by atoms with Crippen LogP contribution in [0, 0.1) is 5.82 Å². The van der Waals surface area contributed by atoms with Crippen molar-refractivity contribution in [3.8, 4) is 11.1 Å². The lowest BCUT2D eigenvalue weighted by Gasteiger charge is -2.26. The number of hydrogen-bond donors (Lipinski definition) is 1. The number of benzene rings is 2. The Kier molecular flexibility index (Phi) is 8.80. The zero-order chi connectivity index (χ0) is 27.4. The van der Waals surface area contributed by atoms with E-state index < -0.39 is 47.3 Å². The number of alkyl halides is 6. The van der Waals surface area contributed by atoms with Crippen molar-refractivity contribution < 1.29 is 40.6 Å². The molecule has 198 valence electrons. The first-order valence-electron chi connectivity index (χ1n) is 10.9. The summed E-state index contributed by atoms with van der Waals surface area (Å²) in [6.45, 7) is -1.28. The predicted molar refractivity (Wildman–Crippen MR) is 122 cm³/mol. The van der Waals surface area contributed by atoms with Gasteiger partial charge in [-0.1, -0.05) is 23.7 Å². The standard InChI is InChI=1S/C25H20ClF7N2O2/c26-23-21(20(7-8-34-23)16-3-5-19(27)6-4-16)14-35(22(37)2-1-9-36)13-15-10-17(24(28,29)30)12-18(11-15)25(31,32)33/h3-8,10-12,36H,1-2,9,13-14H2. The molecule has 0 atom stereocenters. The molecule has 1 aromatic heterocycles. The molecular weight excluding hydrogens is 529 g/mol. The van der Waals surface area contributed by atoms with Crippen LogP contribution in [0.4, 0.5) is 30.7 Å². The van der Waals surface area contributed by atoms with Crippen LogP contribution in [0.25, 0.3) is 11.1 Å². The molecule has 0 spiro atoms. The summed E-state index contributed by atoms with van der Waals surface area (Å²) in [6, 6.07) is 7.93. The van der Waals surface area contributed by atoms with Gasteiger partial charge in [0.15, 0.2) is 0 Å². The smallest absolute Gasteiger partial charge is 0.396 e. The zero-order valence-corrected chi connectivity index (χ0v) is 19.8. The van der Waals surface area contributed by atoms with Crippen LogP contribution in [0.3, 0.4) is 0 Å². The van der Waals surface area contributed by atoms with Crippen molar-refractivity contribution in [1.29, 1.82) is 0 Å². The fraction of sp³-hybridized carbons (Fsp3) is 0.280. The first-order valence-corrected chi connectivity index (χ1v) is 11.2. The van der Waals surface area contributed by atoms with E-state index in [1.54, 1.807) is 0 Å². The number of aromatic nitrogens is 1. The summed E-state index contributed by atoms with van der Waals surface area (Å²) < 4.78 is 93.5. The Labute approximate surface area is 212 Å². The van der Waals surface area contributed by atoms with Crippen LogP contribution in [0.5, 0.6) is 0 Å². The van der Waals surface area contributed by atoms with Gasteiger partial charge >= 0.3 is 12.4 Å². The number of carbonyl (C=O) groups is 1. The Bertz CT molecular complexity index is 1210. The number of amides is 1. The van der Waals surface area contributed by atoms with Crippen molar-refractivity contribution >= 4 is 17.5 Å². The topological polar surface area (TPSA) is 53.4 Å². The molecule has 0 aliphatic rings. The number of aliphatic hydroxyl groups excluding tert-OH is 1. The van der Waals surface area contributed by atoms with Gasteiger partial charge in [0.2, 0.25) is 5.91 Å². The quantitative estimate of drug-likeness (QED) is 0.247. The van der Waals surface area contributed by atoms with Crippen LogP contribution < -0.4 is 0 Å². The maximum Gasteiger partial charge on any atom is 0.416 e. The fourth-order valence-corrected chi connectivity index (χ4v) is 3.88. The lowest BCUT2D eigenvalue weighted by molar-refractivity contribution is -0.143.